The summed E-state index contributed by atoms with van der Waals surface area (Å²) in [5, 5.41) is 41.0. The number of benzene rings is 1. The second kappa shape index (κ2) is 34.0. The van der Waals surface area contributed by atoms with Crippen LogP contribution in [0, 0.1) is 11.8 Å². The van der Waals surface area contributed by atoms with Crippen molar-refractivity contribution in [2.75, 3.05) is 25.0 Å². The molecule has 3 saturated heterocycles. The first-order chi connectivity index (χ1) is 41.9. The molecule has 486 valence electrons. The zero-order chi connectivity index (χ0) is 64.1. The van der Waals surface area contributed by atoms with Gasteiger partial charge in [-0.1, -0.05) is 63.1 Å². The van der Waals surface area contributed by atoms with E-state index in [0.29, 0.717) is 88.6 Å². The van der Waals surface area contributed by atoms with Crippen LogP contribution >= 0.6 is 0 Å². The second-order valence-electron chi connectivity index (χ2n) is 24.3. The van der Waals surface area contributed by atoms with Crippen LogP contribution < -0.4 is 43.0 Å². The Bertz CT molecular complexity index is 2690. The molecule has 25 nitrogen and oxygen atoms in total. The Balaban J connectivity index is 0.880. The lowest BCUT2D eigenvalue weighted by Crippen LogP contribution is -2.54. The second-order valence-corrected chi connectivity index (χ2v) is 24.3. The summed E-state index contributed by atoms with van der Waals surface area (Å²) < 4.78 is 29.0. The standard InChI is InChI=1S/C63H93N9O16/c1-37(2)57(71-52(74)13-9-8-10-31-72-55(77)28-29-56(72)78)60(81)70-48(12-11-30-65-61(64)82)59(80)67-45-19-17-43(18-20-45)35-84-62(83)68-46-23-21-44(22-24-46)66-54(76)33-47-34-63(36-85-63)58(79)51(88-47)26-15-38(3)14-25-50-39(4)32-49(41(6)87-50)69-53(75)27-16-40(5)86-42(7)73/h14-20,26-29,37,39-41,44,46-51,55,57-58,77,79H,8-13,21-25,30-36H2,1-7H3,(H,66,76)(H,67,80)(H,68,83)(H,69,75)(H,70,81)(H,71,74)(H3,64,65,82)/b26-15+,27-16-,38-14+/t39-,40-,41+,44-,46-,47+,48-,49+,50-,51+,55?,57-,58+,63+/m0/s1. The Hall–Kier alpha value is -7.19. The van der Waals surface area contributed by atoms with E-state index in [0.717, 1.165) is 12.0 Å². The maximum atomic E-state index is 13.7. The van der Waals surface area contributed by atoms with Gasteiger partial charge in [0.15, 0.2) is 0 Å². The van der Waals surface area contributed by atoms with Gasteiger partial charge in [-0.2, -0.15) is 0 Å². The van der Waals surface area contributed by atoms with Crippen LogP contribution in [0.25, 0.3) is 0 Å². The minimum absolute atomic E-state index is 0.0533. The highest BCUT2D eigenvalue weighted by atomic mass is 16.6. The molecule has 5 aliphatic rings. The summed E-state index contributed by atoms with van der Waals surface area (Å²) in [7, 11) is 0. The van der Waals surface area contributed by atoms with E-state index in [1.54, 1.807) is 45.0 Å². The van der Waals surface area contributed by atoms with Gasteiger partial charge in [-0.25, -0.2) is 9.59 Å². The number of esters is 1. The van der Waals surface area contributed by atoms with E-state index in [1.807, 2.05) is 26.0 Å². The number of unbranched alkanes of at least 4 members (excludes halogenated alkanes) is 2. The average molecular weight is 1230 g/mol. The number of nitrogens with two attached hydrogens (primary N) is 1. The number of epoxide rings is 1. The first kappa shape index (κ1) is 69.9. The number of aliphatic hydroxyl groups excluding tert-OH is 2. The number of hydrogen-bond acceptors (Lipinski definition) is 16. The largest absolute Gasteiger partial charge is 0.459 e. The van der Waals surface area contributed by atoms with Crippen molar-refractivity contribution in [2.45, 2.75) is 224 Å². The van der Waals surface area contributed by atoms with Crippen LogP contribution in [0.1, 0.15) is 144 Å². The first-order valence-electron chi connectivity index (χ1n) is 30.9. The molecule has 1 aromatic carbocycles. The predicted molar refractivity (Wildman–Crippen MR) is 324 cm³/mol. The fourth-order valence-corrected chi connectivity index (χ4v) is 11.3. The number of nitrogens with zero attached hydrogens (tertiary/aromatic N) is 1. The van der Waals surface area contributed by atoms with E-state index in [4.69, 9.17) is 29.4 Å². The van der Waals surface area contributed by atoms with Gasteiger partial charge in [-0.15, -0.1) is 0 Å². The van der Waals surface area contributed by atoms with E-state index in [1.165, 1.54) is 36.1 Å². The topological polar surface area (TPSA) is 357 Å². The Morgan fingerprint density at radius 2 is 1.57 bits per heavy atom. The Morgan fingerprint density at radius 3 is 2.22 bits per heavy atom. The molecule has 4 heterocycles. The van der Waals surface area contributed by atoms with Gasteiger partial charge < -0.3 is 81.7 Å². The summed E-state index contributed by atoms with van der Waals surface area (Å²) in [6.45, 7) is 13.3. The van der Waals surface area contributed by atoms with E-state index in [2.05, 4.69) is 50.2 Å². The molecular weight excluding hydrogens is 1140 g/mol. The number of aliphatic hydroxyl groups is 2. The summed E-state index contributed by atoms with van der Waals surface area (Å²) in [5.41, 5.74) is 6.45. The van der Waals surface area contributed by atoms with Crippen LogP contribution in [0.15, 0.2) is 72.4 Å². The van der Waals surface area contributed by atoms with Crippen molar-refractivity contribution < 1.29 is 77.0 Å². The number of nitrogens with one attached hydrogen (secondary N) is 7. The maximum Gasteiger partial charge on any atom is 0.407 e. The van der Waals surface area contributed by atoms with Gasteiger partial charge in [-0.3, -0.25) is 33.6 Å². The fourth-order valence-electron chi connectivity index (χ4n) is 11.3. The number of alkyl carbamates (subject to hydrolysis) is 1. The van der Waals surface area contributed by atoms with Crippen molar-refractivity contribution in [3.63, 3.8) is 0 Å². The van der Waals surface area contributed by atoms with Crippen molar-refractivity contribution >= 4 is 59.2 Å². The molecule has 1 aromatic rings. The first-order valence-corrected chi connectivity index (χ1v) is 30.9. The van der Waals surface area contributed by atoms with E-state index in [-0.39, 0.29) is 98.2 Å². The number of primary amides is 1. The normalized spacial score (nSPS) is 27.1. The Morgan fingerprint density at radius 1 is 0.864 bits per heavy atom. The van der Waals surface area contributed by atoms with Gasteiger partial charge in [-0.05, 0) is 127 Å². The van der Waals surface area contributed by atoms with Crippen LogP contribution in [-0.4, -0.2) is 167 Å². The van der Waals surface area contributed by atoms with Crippen LogP contribution in [0.2, 0.25) is 0 Å². The van der Waals surface area contributed by atoms with Crippen molar-refractivity contribution in [1.82, 2.24) is 36.8 Å². The van der Waals surface area contributed by atoms with Gasteiger partial charge in [0.05, 0.1) is 37.4 Å². The summed E-state index contributed by atoms with van der Waals surface area (Å²) in [4.78, 5) is 115. The van der Waals surface area contributed by atoms with Crippen molar-refractivity contribution in [2.24, 2.45) is 17.6 Å². The van der Waals surface area contributed by atoms with Crippen molar-refractivity contribution in [3.8, 4) is 0 Å². The minimum Gasteiger partial charge on any atom is -0.459 e. The molecule has 4 aliphatic heterocycles. The van der Waals surface area contributed by atoms with Crippen LogP contribution in [0.3, 0.4) is 0 Å². The number of anilines is 1. The lowest BCUT2D eigenvalue weighted by molar-refractivity contribution is -0.146. The van der Waals surface area contributed by atoms with Gasteiger partial charge in [0.2, 0.25) is 35.4 Å². The number of ether oxygens (including phenoxy) is 5. The maximum absolute atomic E-state index is 13.7. The van der Waals surface area contributed by atoms with E-state index in [9.17, 15) is 53.4 Å². The smallest absolute Gasteiger partial charge is 0.407 e. The molecule has 12 atom stereocenters. The number of carbonyl (C=O) groups is 9. The van der Waals surface area contributed by atoms with Crippen molar-refractivity contribution in [1.29, 1.82) is 0 Å². The van der Waals surface area contributed by atoms with Crippen LogP contribution in [0.5, 0.6) is 0 Å². The molecule has 0 aromatic heterocycles. The molecular formula is C63H93N9O16. The quantitative estimate of drug-likeness (QED) is 0.0171. The fraction of sp³-hybridized carbons (Fsp3) is 0.635. The molecule has 6 rings (SSSR count). The monoisotopic (exact) mass is 1230 g/mol. The van der Waals surface area contributed by atoms with Gasteiger partial charge in [0.25, 0.3) is 0 Å². The molecule has 0 radical (unpaired) electrons. The molecule has 0 bridgehead atoms. The van der Waals surface area contributed by atoms with Gasteiger partial charge >= 0.3 is 18.1 Å². The highest BCUT2D eigenvalue weighted by Crippen LogP contribution is 2.43. The van der Waals surface area contributed by atoms with Gasteiger partial charge in [0.1, 0.15) is 48.8 Å². The average Bonchev–Trinajstić information content (AvgIpc) is 1.69. The molecule has 11 N–H and O–H groups in total. The third-order valence-corrected chi connectivity index (χ3v) is 16.5. The lowest BCUT2D eigenvalue weighted by Gasteiger charge is -2.39. The molecule has 1 spiro atoms. The van der Waals surface area contributed by atoms with E-state index < -0.39 is 78.2 Å². The molecule has 1 aliphatic carbocycles. The van der Waals surface area contributed by atoms with Crippen LogP contribution in [-0.2, 0) is 63.9 Å². The Labute approximate surface area is 515 Å². The molecule has 9 amide bonds. The zero-order valence-electron chi connectivity index (χ0n) is 51.8. The summed E-state index contributed by atoms with van der Waals surface area (Å²) in [6.07, 6.45) is 13.6. The van der Waals surface area contributed by atoms with Gasteiger partial charge in [0, 0.05) is 62.8 Å². The summed E-state index contributed by atoms with van der Waals surface area (Å²) in [6, 6.07) is 3.45. The third-order valence-electron chi connectivity index (χ3n) is 16.5. The predicted octanol–water partition coefficient (Wildman–Crippen LogP) is 4.01. The van der Waals surface area contributed by atoms with Crippen molar-refractivity contribution in [3.05, 3.63) is 77.9 Å². The number of hydrogen-bond donors (Lipinski definition) is 10. The number of carbonyl (C=O) groups excluding carboxylic acids is 9. The lowest BCUT2D eigenvalue weighted by atomic mass is 9.87. The minimum atomic E-state index is -1.05. The molecule has 1 unspecified atom stereocenters. The van der Waals surface area contributed by atoms with E-state index >= 15 is 0 Å². The number of rotatable bonds is 30. The molecule has 25 heteroatoms. The highest BCUT2D eigenvalue weighted by molar-refractivity contribution is 5.98. The highest BCUT2D eigenvalue weighted by Gasteiger charge is 2.58. The number of urea groups is 1. The molecule has 88 heavy (non-hydrogen) atoms. The molecule has 1 saturated carbocycles. The summed E-state index contributed by atoms with van der Waals surface area (Å²) >= 11 is 0. The SMILES string of the molecule is CC(=O)O[C@@H](C)/C=C\C(=O)N[C@@H]1C[C@H](C)[C@H](C/C=C(C)/C=C/[C@H]2O[C@H](CC(=O)N[C@H]3CC[C@H](NC(=O)OCc4ccc(NC(=O)[C@H](CCCNC(N)=O)NC(=O)[C@@H](NC(=O)CCCCCN5C(=O)C=CC5O)C(C)C)cc4)CC3)C[C@@]3(CO3)[C@@H]2O)O[C@@H]1C. The third kappa shape index (κ3) is 22.8. The zero-order valence-corrected chi connectivity index (χ0v) is 51.8. The number of amides is 9. The molecule has 4 fully saturated rings. The number of allylic oxidation sites excluding steroid dienone is 2. The summed E-state index contributed by atoms with van der Waals surface area (Å²) in [5.74, 6) is -2.77. The Kier molecular flexibility index (Phi) is 27.0. The van der Waals surface area contributed by atoms with Crippen LogP contribution in [0.4, 0.5) is 15.3 Å².